The predicted molar refractivity (Wildman–Crippen MR) is 77.5 cm³/mol. The van der Waals surface area contributed by atoms with E-state index >= 15 is 0 Å². The molecule has 1 aromatic carbocycles. The summed E-state index contributed by atoms with van der Waals surface area (Å²) in [7, 11) is 1.98. The van der Waals surface area contributed by atoms with Gasteiger partial charge in [0.25, 0.3) is 0 Å². The van der Waals surface area contributed by atoms with Crippen LogP contribution in [-0.2, 0) is 0 Å². The highest BCUT2D eigenvalue weighted by Crippen LogP contribution is 2.19. The van der Waals surface area contributed by atoms with E-state index < -0.39 is 0 Å². The standard InChI is InChI=1S/C16H21NO2/c1-12(2)8-9-17(3)11-14(18)16-10-13-6-4-5-7-15(13)19-16/h4-7,10,12H,8-9,11H2,1-3H3. The van der Waals surface area contributed by atoms with Gasteiger partial charge in [0.15, 0.2) is 5.76 Å². The second-order valence-electron chi connectivity index (χ2n) is 5.49. The van der Waals surface area contributed by atoms with Crippen molar-refractivity contribution in [3.05, 3.63) is 36.1 Å². The maximum Gasteiger partial charge on any atom is 0.211 e. The lowest BCUT2D eigenvalue weighted by atomic mass is 10.1. The molecule has 0 bridgehead atoms. The van der Waals surface area contributed by atoms with Gasteiger partial charge in [-0.1, -0.05) is 32.0 Å². The van der Waals surface area contributed by atoms with Crippen LogP contribution in [0.1, 0.15) is 30.8 Å². The van der Waals surface area contributed by atoms with E-state index in [-0.39, 0.29) is 5.78 Å². The molecule has 0 saturated heterocycles. The summed E-state index contributed by atoms with van der Waals surface area (Å²) < 4.78 is 5.58. The van der Waals surface area contributed by atoms with Crippen molar-refractivity contribution in [1.82, 2.24) is 4.90 Å². The fourth-order valence-corrected chi connectivity index (χ4v) is 2.00. The van der Waals surface area contributed by atoms with Crippen LogP contribution in [0.2, 0.25) is 0 Å². The van der Waals surface area contributed by atoms with Gasteiger partial charge in [-0.05, 0) is 38.1 Å². The number of hydrogen-bond acceptors (Lipinski definition) is 3. The number of likely N-dealkylation sites (N-methyl/N-ethyl adjacent to an activating group) is 1. The summed E-state index contributed by atoms with van der Waals surface area (Å²) in [6, 6.07) is 9.52. The van der Waals surface area contributed by atoms with Gasteiger partial charge in [-0.3, -0.25) is 9.69 Å². The second-order valence-corrected chi connectivity index (χ2v) is 5.49. The van der Waals surface area contributed by atoms with Gasteiger partial charge in [0.05, 0.1) is 6.54 Å². The van der Waals surface area contributed by atoms with Crippen molar-refractivity contribution in [2.45, 2.75) is 20.3 Å². The summed E-state index contributed by atoms with van der Waals surface area (Å²) in [5.41, 5.74) is 0.774. The quantitative estimate of drug-likeness (QED) is 0.743. The number of hydrogen-bond donors (Lipinski definition) is 0. The molecule has 0 spiro atoms. The summed E-state index contributed by atoms with van der Waals surface area (Å²) in [5.74, 6) is 1.16. The highest BCUT2D eigenvalue weighted by atomic mass is 16.3. The van der Waals surface area contributed by atoms with Crippen LogP contribution in [0.4, 0.5) is 0 Å². The highest BCUT2D eigenvalue weighted by molar-refractivity contribution is 5.98. The molecule has 0 saturated carbocycles. The Morgan fingerprint density at radius 3 is 2.74 bits per heavy atom. The number of carbonyl (C=O) groups is 1. The molecular weight excluding hydrogens is 238 g/mol. The zero-order valence-corrected chi connectivity index (χ0v) is 11.8. The Bertz CT molecular complexity index is 524. The SMILES string of the molecule is CC(C)CCN(C)CC(=O)c1cc2ccccc2o1. The molecule has 2 aromatic rings. The summed E-state index contributed by atoms with van der Waals surface area (Å²) in [5, 5.41) is 0.982. The van der Waals surface area contributed by atoms with Crippen LogP contribution in [0.3, 0.4) is 0 Å². The zero-order chi connectivity index (χ0) is 13.8. The Morgan fingerprint density at radius 1 is 1.32 bits per heavy atom. The summed E-state index contributed by atoms with van der Waals surface area (Å²) in [6.45, 7) is 5.72. The summed E-state index contributed by atoms with van der Waals surface area (Å²) in [6.07, 6.45) is 1.10. The number of carbonyl (C=O) groups excluding carboxylic acids is 1. The molecule has 1 aromatic heterocycles. The van der Waals surface area contributed by atoms with E-state index in [1.807, 2.05) is 37.4 Å². The van der Waals surface area contributed by atoms with Crippen molar-refractivity contribution in [2.75, 3.05) is 20.1 Å². The van der Waals surface area contributed by atoms with Gasteiger partial charge in [0.1, 0.15) is 5.58 Å². The molecule has 0 N–H and O–H groups in total. The first kappa shape index (κ1) is 13.8. The van der Waals surface area contributed by atoms with E-state index in [0.29, 0.717) is 18.2 Å². The molecule has 3 heteroatoms. The lowest BCUT2D eigenvalue weighted by molar-refractivity contribution is 0.0918. The number of fused-ring (bicyclic) bond motifs is 1. The Labute approximate surface area is 114 Å². The molecule has 0 aliphatic carbocycles. The fraction of sp³-hybridized carbons (Fsp3) is 0.438. The summed E-state index contributed by atoms with van der Waals surface area (Å²) >= 11 is 0. The van der Waals surface area contributed by atoms with E-state index in [1.165, 1.54) is 0 Å². The van der Waals surface area contributed by atoms with Gasteiger partial charge in [0.2, 0.25) is 5.78 Å². The minimum Gasteiger partial charge on any atom is -0.453 e. The molecule has 0 amide bonds. The molecule has 19 heavy (non-hydrogen) atoms. The Morgan fingerprint density at radius 2 is 2.05 bits per heavy atom. The van der Waals surface area contributed by atoms with Crippen molar-refractivity contribution < 1.29 is 9.21 Å². The van der Waals surface area contributed by atoms with Crippen LogP contribution in [0, 0.1) is 5.92 Å². The average Bonchev–Trinajstić information content (AvgIpc) is 2.80. The van der Waals surface area contributed by atoms with Crippen LogP contribution in [0.25, 0.3) is 11.0 Å². The number of benzene rings is 1. The van der Waals surface area contributed by atoms with Crippen molar-refractivity contribution in [1.29, 1.82) is 0 Å². The number of rotatable bonds is 6. The van der Waals surface area contributed by atoms with Gasteiger partial charge in [-0.15, -0.1) is 0 Å². The first-order valence-electron chi connectivity index (χ1n) is 6.76. The van der Waals surface area contributed by atoms with Gasteiger partial charge in [-0.25, -0.2) is 0 Å². The zero-order valence-electron chi connectivity index (χ0n) is 11.8. The minimum atomic E-state index is 0.0439. The predicted octanol–water partition coefficient (Wildman–Crippen LogP) is 3.59. The van der Waals surface area contributed by atoms with Gasteiger partial charge in [-0.2, -0.15) is 0 Å². The van der Waals surface area contributed by atoms with Crippen LogP contribution >= 0.6 is 0 Å². The van der Waals surface area contributed by atoms with Crippen molar-refractivity contribution in [3.8, 4) is 0 Å². The maximum atomic E-state index is 12.1. The molecule has 3 nitrogen and oxygen atoms in total. The largest absolute Gasteiger partial charge is 0.453 e. The molecule has 0 aliphatic heterocycles. The molecule has 0 atom stereocenters. The van der Waals surface area contributed by atoms with Crippen LogP contribution in [0.5, 0.6) is 0 Å². The fourth-order valence-electron chi connectivity index (χ4n) is 2.00. The minimum absolute atomic E-state index is 0.0439. The number of ketones is 1. The number of Topliss-reactive ketones (excluding diaryl/α,β-unsaturated/α-hetero) is 1. The maximum absolute atomic E-state index is 12.1. The van der Waals surface area contributed by atoms with E-state index in [2.05, 4.69) is 18.7 Å². The molecule has 1 heterocycles. The average molecular weight is 259 g/mol. The first-order valence-corrected chi connectivity index (χ1v) is 6.76. The lowest BCUT2D eigenvalue weighted by Crippen LogP contribution is -2.27. The third kappa shape index (κ3) is 3.67. The number of nitrogens with zero attached hydrogens (tertiary/aromatic N) is 1. The van der Waals surface area contributed by atoms with E-state index in [0.717, 1.165) is 23.9 Å². The molecule has 0 unspecified atom stereocenters. The van der Waals surface area contributed by atoms with Crippen molar-refractivity contribution >= 4 is 16.8 Å². The van der Waals surface area contributed by atoms with E-state index in [1.54, 1.807) is 0 Å². The molecule has 0 radical (unpaired) electrons. The molecule has 0 aliphatic rings. The third-order valence-electron chi connectivity index (χ3n) is 3.20. The number of furan rings is 1. The summed E-state index contributed by atoms with van der Waals surface area (Å²) in [4.78, 5) is 14.2. The third-order valence-corrected chi connectivity index (χ3v) is 3.20. The van der Waals surface area contributed by atoms with Crippen LogP contribution in [0.15, 0.2) is 34.7 Å². The van der Waals surface area contributed by atoms with Crippen LogP contribution in [-0.4, -0.2) is 30.8 Å². The Balaban J connectivity index is 1.99. The van der Waals surface area contributed by atoms with E-state index in [4.69, 9.17) is 4.42 Å². The Kier molecular flexibility index (Phi) is 4.38. The molecule has 2 rings (SSSR count). The molecular formula is C16H21NO2. The normalized spacial score (nSPS) is 11.6. The van der Waals surface area contributed by atoms with Gasteiger partial charge < -0.3 is 4.42 Å². The smallest absolute Gasteiger partial charge is 0.211 e. The van der Waals surface area contributed by atoms with Crippen LogP contribution < -0.4 is 0 Å². The second kappa shape index (κ2) is 6.02. The lowest BCUT2D eigenvalue weighted by Gasteiger charge is -2.16. The topological polar surface area (TPSA) is 33.5 Å². The molecule has 102 valence electrons. The van der Waals surface area contributed by atoms with E-state index in [9.17, 15) is 4.79 Å². The van der Waals surface area contributed by atoms with Gasteiger partial charge in [0, 0.05) is 5.39 Å². The monoisotopic (exact) mass is 259 g/mol. The number of para-hydroxylation sites is 1. The van der Waals surface area contributed by atoms with Crippen molar-refractivity contribution in [3.63, 3.8) is 0 Å². The highest BCUT2D eigenvalue weighted by Gasteiger charge is 2.14. The molecule has 0 fully saturated rings. The Hall–Kier alpha value is -1.61. The van der Waals surface area contributed by atoms with Gasteiger partial charge >= 0.3 is 0 Å². The van der Waals surface area contributed by atoms with Crippen molar-refractivity contribution in [2.24, 2.45) is 5.92 Å². The first-order chi connectivity index (χ1) is 9.06.